The van der Waals surface area contributed by atoms with Crippen LogP contribution in [0.4, 0.5) is 0 Å². The molecule has 0 bridgehead atoms. The highest BCUT2D eigenvalue weighted by molar-refractivity contribution is 5.50. The fourth-order valence-corrected chi connectivity index (χ4v) is 3.63. The minimum atomic E-state index is -0.126. The second-order valence-corrected chi connectivity index (χ2v) is 5.89. The molecule has 116 valence electrons. The van der Waals surface area contributed by atoms with E-state index in [0.29, 0.717) is 0 Å². The highest BCUT2D eigenvalue weighted by Crippen LogP contribution is 2.45. The molecule has 0 aliphatic carbocycles. The van der Waals surface area contributed by atoms with Crippen LogP contribution >= 0.6 is 0 Å². The molecule has 0 radical (unpaired) electrons. The van der Waals surface area contributed by atoms with Crippen molar-refractivity contribution in [3.8, 4) is 11.5 Å². The number of piperidine rings is 1. The van der Waals surface area contributed by atoms with Crippen LogP contribution in [0.2, 0.25) is 0 Å². The van der Waals surface area contributed by atoms with Crippen LogP contribution in [-0.2, 0) is 16.8 Å². The first-order valence-electron chi connectivity index (χ1n) is 7.84. The molecule has 2 heterocycles. The number of hydrogen-bond donors (Lipinski definition) is 0. The number of ether oxygens (including phenoxy) is 3. The molecule has 1 aromatic carbocycles. The number of nitrogens with zero attached hydrogens (tertiary/aromatic N) is 1. The van der Waals surface area contributed by atoms with Crippen LogP contribution in [0.1, 0.15) is 30.9 Å². The van der Waals surface area contributed by atoms with Gasteiger partial charge in [-0.2, -0.15) is 0 Å². The summed E-state index contributed by atoms with van der Waals surface area (Å²) in [6.07, 6.45) is 3.07. The Morgan fingerprint density at radius 2 is 1.81 bits per heavy atom. The molecule has 0 N–H and O–H groups in total. The molecule has 2 aliphatic heterocycles. The Kier molecular flexibility index (Phi) is 4.09. The van der Waals surface area contributed by atoms with Gasteiger partial charge in [0.05, 0.1) is 26.4 Å². The van der Waals surface area contributed by atoms with Crippen molar-refractivity contribution in [2.45, 2.75) is 31.8 Å². The zero-order valence-corrected chi connectivity index (χ0v) is 13.3. The van der Waals surface area contributed by atoms with Crippen molar-refractivity contribution in [3.63, 3.8) is 0 Å². The Balaban J connectivity index is 1.97. The Labute approximate surface area is 127 Å². The third kappa shape index (κ3) is 2.51. The van der Waals surface area contributed by atoms with Gasteiger partial charge in [-0.1, -0.05) is 6.92 Å². The number of benzene rings is 1. The van der Waals surface area contributed by atoms with Crippen molar-refractivity contribution in [2.24, 2.45) is 0 Å². The third-order valence-corrected chi connectivity index (χ3v) is 4.96. The topological polar surface area (TPSA) is 30.9 Å². The average Bonchev–Trinajstić information content (AvgIpc) is 2.55. The van der Waals surface area contributed by atoms with Crippen molar-refractivity contribution < 1.29 is 14.2 Å². The summed E-state index contributed by atoms with van der Waals surface area (Å²) in [7, 11) is 3.39. The van der Waals surface area contributed by atoms with Crippen LogP contribution in [0, 0.1) is 0 Å². The minimum Gasteiger partial charge on any atom is -0.493 e. The molecule has 21 heavy (non-hydrogen) atoms. The maximum Gasteiger partial charge on any atom is 0.161 e. The molecule has 3 rings (SSSR count). The molecule has 2 aliphatic rings. The SMILES string of the molecule is CCN1CCC2(CC1)OCCc1cc(OC)c(OC)cc12. The van der Waals surface area contributed by atoms with Gasteiger partial charge in [0.1, 0.15) is 0 Å². The number of hydrogen-bond acceptors (Lipinski definition) is 4. The third-order valence-electron chi connectivity index (χ3n) is 4.96. The maximum absolute atomic E-state index is 6.28. The lowest BCUT2D eigenvalue weighted by atomic mass is 9.79. The second-order valence-electron chi connectivity index (χ2n) is 5.89. The molecule has 0 unspecified atom stereocenters. The molecule has 4 heteroatoms. The van der Waals surface area contributed by atoms with Gasteiger partial charge in [-0.05, 0) is 49.1 Å². The lowest BCUT2D eigenvalue weighted by Crippen LogP contribution is -2.46. The van der Waals surface area contributed by atoms with Crippen molar-refractivity contribution in [1.82, 2.24) is 4.90 Å². The zero-order chi connectivity index (χ0) is 14.9. The fourth-order valence-electron chi connectivity index (χ4n) is 3.63. The molecule has 1 aromatic rings. The molecule has 4 nitrogen and oxygen atoms in total. The molecule has 0 aromatic heterocycles. The van der Waals surface area contributed by atoms with Crippen LogP contribution in [0.3, 0.4) is 0 Å². The van der Waals surface area contributed by atoms with E-state index in [2.05, 4.69) is 24.0 Å². The van der Waals surface area contributed by atoms with E-state index in [1.807, 2.05) is 0 Å². The molecule has 1 saturated heterocycles. The average molecular weight is 291 g/mol. The van der Waals surface area contributed by atoms with E-state index in [-0.39, 0.29) is 5.60 Å². The molecule has 0 amide bonds. The van der Waals surface area contributed by atoms with Crippen LogP contribution in [0.5, 0.6) is 11.5 Å². The smallest absolute Gasteiger partial charge is 0.161 e. The van der Waals surface area contributed by atoms with Crippen LogP contribution in [0.25, 0.3) is 0 Å². The lowest BCUT2D eigenvalue weighted by Gasteiger charge is -2.45. The Morgan fingerprint density at radius 1 is 1.14 bits per heavy atom. The van der Waals surface area contributed by atoms with Gasteiger partial charge in [0.2, 0.25) is 0 Å². The molecule has 0 saturated carbocycles. The minimum absolute atomic E-state index is 0.126. The van der Waals surface area contributed by atoms with E-state index in [1.165, 1.54) is 11.1 Å². The summed E-state index contributed by atoms with van der Waals surface area (Å²) in [6, 6.07) is 4.26. The standard InChI is InChI=1S/C17H25NO3/c1-4-18-8-6-17(7-9-18)14-12-16(20-3)15(19-2)11-13(14)5-10-21-17/h11-12H,4-10H2,1-3H3. The maximum atomic E-state index is 6.28. The Morgan fingerprint density at radius 3 is 2.43 bits per heavy atom. The summed E-state index contributed by atoms with van der Waals surface area (Å²) in [5, 5.41) is 0. The molecular formula is C17H25NO3. The zero-order valence-electron chi connectivity index (χ0n) is 13.3. The van der Waals surface area contributed by atoms with E-state index in [0.717, 1.165) is 57.0 Å². The van der Waals surface area contributed by atoms with Crippen molar-refractivity contribution in [2.75, 3.05) is 40.5 Å². The van der Waals surface area contributed by atoms with E-state index >= 15 is 0 Å². The first-order chi connectivity index (χ1) is 10.2. The van der Waals surface area contributed by atoms with E-state index < -0.39 is 0 Å². The van der Waals surface area contributed by atoms with Gasteiger partial charge >= 0.3 is 0 Å². The van der Waals surface area contributed by atoms with Gasteiger partial charge < -0.3 is 19.1 Å². The predicted octanol–water partition coefficient (Wildman–Crippen LogP) is 2.59. The number of fused-ring (bicyclic) bond motifs is 2. The molecule has 0 atom stereocenters. The van der Waals surface area contributed by atoms with Crippen molar-refractivity contribution in [3.05, 3.63) is 23.3 Å². The normalized spacial score (nSPS) is 21.1. The lowest BCUT2D eigenvalue weighted by molar-refractivity contribution is -0.0974. The quantitative estimate of drug-likeness (QED) is 0.856. The predicted molar refractivity (Wildman–Crippen MR) is 82.2 cm³/mol. The second kappa shape index (κ2) is 5.85. The number of methoxy groups -OCH3 is 2. The Hall–Kier alpha value is -1.26. The summed E-state index contributed by atoms with van der Waals surface area (Å²) in [5.41, 5.74) is 2.53. The van der Waals surface area contributed by atoms with Gasteiger partial charge in [-0.15, -0.1) is 0 Å². The van der Waals surface area contributed by atoms with Gasteiger partial charge in [-0.3, -0.25) is 0 Å². The molecule has 1 spiro atoms. The van der Waals surface area contributed by atoms with Crippen molar-refractivity contribution in [1.29, 1.82) is 0 Å². The van der Waals surface area contributed by atoms with Gasteiger partial charge in [0.25, 0.3) is 0 Å². The van der Waals surface area contributed by atoms with Crippen LogP contribution in [-0.4, -0.2) is 45.4 Å². The van der Waals surface area contributed by atoms with E-state index in [4.69, 9.17) is 14.2 Å². The van der Waals surface area contributed by atoms with Gasteiger partial charge in [0, 0.05) is 13.1 Å². The van der Waals surface area contributed by atoms with Crippen LogP contribution < -0.4 is 9.47 Å². The largest absolute Gasteiger partial charge is 0.493 e. The van der Waals surface area contributed by atoms with E-state index in [1.54, 1.807) is 14.2 Å². The summed E-state index contributed by atoms with van der Waals surface area (Å²) in [6.45, 7) is 6.35. The highest BCUT2D eigenvalue weighted by atomic mass is 16.5. The Bertz CT molecular complexity index is 507. The molecule has 1 fully saturated rings. The summed E-state index contributed by atoms with van der Waals surface area (Å²) >= 11 is 0. The van der Waals surface area contributed by atoms with Crippen molar-refractivity contribution >= 4 is 0 Å². The summed E-state index contributed by atoms with van der Waals surface area (Å²) in [4.78, 5) is 2.49. The monoisotopic (exact) mass is 291 g/mol. The molecular weight excluding hydrogens is 266 g/mol. The van der Waals surface area contributed by atoms with E-state index in [9.17, 15) is 0 Å². The van der Waals surface area contributed by atoms with Crippen LogP contribution in [0.15, 0.2) is 12.1 Å². The number of rotatable bonds is 3. The highest BCUT2D eigenvalue weighted by Gasteiger charge is 2.41. The number of likely N-dealkylation sites (tertiary alicyclic amines) is 1. The summed E-state index contributed by atoms with van der Waals surface area (Å²) in [5.74, 6) is 1.62. The first-order valence-corrected chi connectivity index (χ1v) is 7.84. The summed E-state index contributed by atoms with van der Waals surface area (Å²) < 4.78 is 17.2. The first kappa shape index (κ1) is 14.7. The fraction of sp³-hybridized carbons (Fsp3) is 0.647. The van der Waals surface area contributed by atoms with Gasteiger partial charge in [0.15, 0.2) is 11.5 Å². The van der Waals surface area contributed by atoms with Gasteiger partial charge in [-0.25, -0.2) is 0 Å².